The summed E-state index contributed by atoms with van der Waals surface area (Å²) in [6.45, 7) is 0. The van der Waals surface area contributed by atoms with Crippen LogP contribution < -0.4 is 0 Å². The molecule has 4 aromatic rings. The Bertz CT molecular complexity index is 871. The summed E-state index contributed by atoms with van der Waals surface area (Å²) in [5, 5.41) is 5.27. The monoisotopic (exact) mass is 284 g/mol. The van der Waals surface area contributed by atoms with Gasteiger partial charge in [0.2, 0.25) is 0 Å². The zero-order chi connectivity index (χ0) is 12.8. The van der Waals surface area contributed by atoms with Gasteiger partial charge in [-0.25, -0.2) is 0 Å². The van der Waals surface area contributed by atoms with Crippen LogP contribution >= 0.6 is 22.9 Å². The van der Waals surface area contributed by atoms with Crippen molar-refractivity contribution in [3.63, 3.8) is 0 Å². The van der Waals surface area contributed by atoms with Crippen LogP contribution in [-0.4, -0.2) is 0 Å². The van der Waals surface area contributed by atoms with Crippen LogP contribution in [0.5, 0.6) is 0 Å². The predicted molar refractivity (Wildman–Crippen MR) is 82.0 cm³/mol. The minimum atomic E-state index is 0.751. The van der Waals surface area contributed by atoms with Gasteiger partial charge in [-0.3, -0.25) is 0 Å². The second kappa shape index (κ2) is 4.12. The van der Waals surface area contributed by atoms with Crippen LogP contribution in [0.4, 0.5) is 0 Å². The zero-order valence-corrected chi connectivity index (χ0v) is 11.5. The fourth-order valence-electron chi connectivity index (χ4n) is 2.32. The van der Waals surface area contributed by atoms with Crippen LogP contribution in [0.1, 0.15) is 0 Å². The number of thiophene rings is 1. The highest BCUT2D eigenvalue weighted by Gasteiger charge is 2.13. The number of para-hydroxylation sites is 1. The van der Waals surface area contributed by atoms with Crippen molar-refractivity contribution in [3.8, 4) is 10.4 Å². The third kappa shape index (κ3) is 1.68. The van der Waals surface area contributed by atoms with E-state index in [9.17, 15) is 0 Å². The molecular weight excluding hydrogens is 276 g/mol. The molecule has 0 fully saturated rings. The maximum atomic E-state index is 5.99. The lowest BCUT2D eigenvalue weighted by Gasteiger charge is -1.97. The standard InChI is InChI=1S/C16H9ClOS/c17-11-7-5-10(6-8-11)16-15-13(9-19-16)12-3-1-2-4-14(12)18-15/h1-9H. The topological polar surface area (TPSA) is 13.1 Å². The summed E-state index contributed by atoms with van der Waals surface area (Å²) in [6.07, 6.45) is 0. The summed E-state index contributed by atoms with van der Waals surface area (Å²) < 4.78 is 5.99. The van der Waals surface area contributed by atoms with E-state index in [0.29, 0.717) is 0 Å². The molecule has 0 atom stereocenters. The summed E-state index contributed by atoms with van der Waals surface area (Å²) >= 11 is 7.64. The normalized spacial score (nSPS) is 11.4. The van der Waals surface area contributed by atoms with E-state index >= 15 is 0 Å². The second-order valence-electron chi connectivity index (χ2n) is 4.41. The Morgan fingerprint density at radius 1 is 0.895 bits per heavy atom. The van der Waals surface area contributed by atoms with Crippen molar-refractivity contribution < 1.29 is 4.42 Å². The lowest BCUT2D eigenvalue weighted by molar-refractivity contribution is 0.671. The largest absolute Gasteiger partial charge is 0.455 e. The number of fused-ring (bicyclic) bond motifs is 3. The number of halogens is 1. The third-order valence-electron chi connectivity index (χ3n) is 3.24. The van der Waals surface area contributed by atoms with Gasteiger partial charge < -0.3 is 4.42 Å². The van der Waals surface area contributed by atoms with Gasteiger partial charge in [-0.2, -0.15) is 0 Å². The number of furan rings is 1. The molecule has 0 aliphatic carbocycles. The SMILES string of the molecule is Clc1ccc(-c2scc3c2oc2ccccc23)cc1. The van der Waals surface area contributed by atoms with E-state index in [2.05, 4.69) is 11.4 Å². The number of benzene rings is 2. The average molecular weight is 285 g/mol. The molecule has 19 heavy (non-hydrogen) atoms. The highest BCUT2D eigenvalue weighted by atomic mass is 35.5. The van der Waals surface area contributed by atoms with Crippen LogP contribution in [0.15, 0.2) is 58.3 Å². The maximum absolute atomic E-state index is 5.99. The molecule has 92 valence electrons. The summed E-state index contributed by atoms with van der Waals surface area (Å²) in [6, 6.07) is 16.0. The van der Waals surface area contributed by atoms with E-state index in [4.69, 9.17) is 16.0 Å². The van der Waals surface area contributed by atoms with Crippen molar-refractivity contribution in [1.82, 2.24) is 0 Å². The van der Waals surface area contributed by atoms with Gasteiger partial charge in [-0.05, 0) is 23.8 Å². The third-order valence-corrected chi connectivity index (χ3v) is 4.50. The fourth-order valence-corrected chi connectivity index (χ4v) is 3.45. The summed E-state index contributed by atoms with van der Waals surface area (Å²) in [4.78, 5) is 1.16. The van der Waals surface area contributed by atoms with Gasteiger partial charge in [0.25, 0.3) is 0 Å². The molecule has 0 saturated carbocycles. The summed E-state index contributed by atoms with van der Waals surface area (Å²) in [7, 11) is 0. The molecule has 2 aromatic heterocycles. The van der Waals surface area contributed by atoms with Crippen LogP contribution in [0.25, 0.3) is 32.4 Å². The highest BCUT2D eigenvalue weighted by molar-refractivity contribution is 7.15. The molecule has 0 amide bonds. The Labute approximate surface area is 119 Å². The van der Waals surface area contributed by atoms with Gasteiger partial charge in [0.05, 0.1) is 4.88 Å². The Morgan fingerprint density at radius 2 is 1.68 bits per heavy atom. The van der Waals surface area contributed by atoms with Gasteiger partial charge in [-0.15, -0.1) is 11.3 Å². The van der Waals surface area contributed by atoms with Crippen molar-refractivity contribution >= 4 is 44.9 Å². The molecule has 0 unspecified atom stereocenters. The van der Waals surface area contributed by atoms with Gasteiger partial charge in [0, 0.05) is 21.2 Å². The molecule has 0 aliphatic heterocycles. The first-order valence-corrected chi connectivity index (χ1v) is 7.23. The van der Waals surface area contributed by atoms with Crippen molar-refractivity contribution in [2.24, 2.45) is 0 Å². The first-order chi connectivity index (χ1) is 9.33. The lowest BCUT2D eigenvalue weighted by atomic mass is 10.1. The minimum Gasteiger partial charge on any atom is -0.455 e. The molecular formula is C16H9ClOS. The van der Waals surface area contributed by atoms with Crippen molar-refractivity contribution in [2.75, 3.05) is 0 Å². The Morgan fingerprint density at radius 3 is 2.53 bits per heavy atom. The zero-order valence-electron chi connectivity index (χ0n) is 9.89. The van der Waals surface area contributed by atoms with E-state index in [1.54, 1.807) is 11.3 Å². The average Bonchev–Trinajstić information content (AvgIpc) is 2.98. The Hall–Kier alpha value is -1.77. The number of rotatable bonds is 1. The fraction of sp³-hybridized carbons (Fsp3) is 0. The van der Waals surface area contributed by atoms with Crippen LogP contribution in [0.3, 0.4) is 0 Å². The van der Waals surface area contributed by atoms with Crippen molar-refractivity contribution in [1.29, 1.82) is 0 Å². The molecule has 0 bridgehead atoms. The molecule has 2 aromatic carbocycles. The van der Waals surface area contributed by atoms with Crippen molar-refractivity contribution in [2.45, 2.75) is 0 Å². The maximum Gasteiger partial charge on any atom is 0.154 e. The Balaban J connectivity index is 2.02. The molecule has 2 heterocycles. The molecule has 0 spiro atoms. The van der Waals surface area contributed by atoms with Crippen LogP contribution in [0.2, 0.25) is 5.02 Å². The number of hydrogen-bond donors (Lipinski definition) is 0. The summed E-state index contributed by atoms with van der Waals surface area (Å²) in [5.74, 6) is 0. The van der Waals surface area contributed by atoms with E-state index in [1.165, 1.54) is 10.8 Å². The van der Waals surface area contributed by atoms with E-state index in [1.807, 2.05) is 42.5 Å². The smallest absolute Gasteiger partial charge is 0.154 e. The molecule has 1 nitrogen and oxygen atoms in total. The van der Waals surface area contributed by atoms with Crippen molar-refractivity contribution in [3.05, 3.63) is 58.9 Å². The van der Waals surface area contributed by atoms with E-state index in [-0.39, 0.29) is 0 Å². The molecule has 4 rings (SSSR count). The summed E-state index contributed by atoms with van der Waals surface area (Å²) in [5.41, 5.74) is 3.05. The lowest BCUT2D eigenvalue weighted by Crippen LogP contribution is -1.71. The Kier molecular flexibility index (Phi) is 2.40. The first kappa shape index (κ1) is 11.1. The van der Waals surface area contributed by atoms with E-state index in [0.717, 1.165) is 26.6 Å². The molecule has 0 aliphatic rings. The van der Waals surface area contributed by atoms with Gasteiger partial charge in [0.15, 0.2) is 5.58 Å². The first-order valence-electron chi connectivity index (χ1n) is 5.97. The van der Waals surface area contributed by atoms with Gasteiger partial charge in [0.1, 0.15) is 5.58 Å². The quantitative estimate of drug-likeness (QED) is 0.420. The van der Waals surface area contributed by atoms with Crippen LogP contribution in [-0.2, 0) is 0 Å². The molecule has 3 heteroatoms. The minimum absolute atomic E-state index is 0.751. The van der Waals surface area contributed by atoms with Gasteiger partial charge >= 0.3 is 0 Å². The highest BCUT2D eigenvalue weighted by Crippen LogP contribution is 2.40. The van der Waals surface area contributed by atoms with Gasteiger partial charge in [-0.1, -0.05) is 41.9 Å². The molecule has 0 N–H and O–H groups in total. The van der Waals surface area contributed by atoms with Crippen LogP contribution in [0, 0.1) is 0 Å². The molecule has 0 saturated heterocycles. The number of hydrogen-bond acceptors (Lipinski definition) is 2. The second-order valence-corrected chi connectivity index (χ2v) is 5.73. The molecule has 0 radical (unpaired) electrons. The van der Waals surface area contributed by atoms with E-state index < -0.39 is 0 Å². The predicted octanol–water partition coefficient (Wildman–Crippen LogP) is 5.97.